The van der Waals surface area contributed by atoms with E-state index in [1.54, 1.807) is 0 Å². The molecule has 0 aromatic heterocycles. The standard InChI is InChI=1S/C20H27BO4/c1-19(2)15-9-17(19)20(3)18(10-15)24-21(25-20)11-16(12-22)23-13-14-7-5-4-6-8-14/h4-8,12,15-18H,9-11,13H2,1-3H3/t15?,16-,17?,18-,20+/m1/s1/i11D/t11-,15?,16+,17?,18+,20-/m0. The first kappa shape index (κ1) is 16.0. The van der Waals surface area contributed by atoms with E-state index in [0.717, 1.165) is 12.0 Å². The number of benzene rings is 1. The van der Waals surface area contributed by atoms with Crippen molar-refractivity contribution in [3.63, 3.8) is 0 Å². The first-order chi connectivity index (χ1) is 12.4. The summed E-state index contributed by atoms with van der Waals surface area (Å²) in [6.45, 7) is 7.02. The monoisotopic (exact) mass is 343 g/mol. The zero-order chi connectivity index (χ0) is 18.5. The summed E-state index contributed by atoms with van der Waals surface area (Å²) in [5.41, 5.74) is 0.868. The molecular weight excluding hydrogens is 315 g/mol. The molecule has 6 atom stereocenters. The van der Waals surface area contributed by atoms with Gasteiger partial charge in [0, 0.05) is 7.67 Å². The SMILES string of the molecule is [2H][C@H](B1O[C@@H]2CC3CC(C3(C)C)[C@]2(C)O1)[C@H](C=O)OCc1ccccc1. The summed E-state index contributed by atoms with van der Waals surface area (Å²) < 4.78 is 26.6. The number of rotatable bonds is 6. The van der Waals surface area contributed by atoms with E-state index in [-0.39, 0.29) is 17.1 Å². The van der Waals surface area contributed by atoms with Crippen molar-refractivity contribution in [1.82, 2.24) is 0 Å². The topological polar surface area (TPSA) is 44.8 Å². The minimum Gasteiger partial charge on any atom is -0.405 e. The van der Waals surface area contributed by atoms with Crippen LogP contribution in [0.1, 0.15) is 40.5 Å². The molecule has 5 rings (SSSR count). The Morgan fingerprint density at radius 2 is 2.12 bits per heavy atom. The van der Waals surface area contributed by atoms with Crippen molar-refractivity contribution in [3.8, 4) is 0 Å². The fourth-order valence-electron chi connectivity index (χ4n) is 5.04. The minimum atomic E-state index is -0.890. The van der Waals surface area contributed by atoms with Crippen molar-refractivity contribution in [3.05, 3.63) is 35.9 Å². The Morgan fingerprint density at radius 3 is 2.80 bits per heavy atom. The van der Waals surface area contributed by atoms with Crippen LogP contribution in [0.2, 0.25) is 6.30 Å². The van der Waals surface area contributed by atoms with Gasteiger partial charge in [-0.25, -0.2) is 0 Å². The van der Waals surface area contributed by atoms with Gasteiger partial charge in [-0.1, -0.05) is 44.2 Å². The summed E-state index contributed by atoms with van der Waals surface area (Å²) in [5, 5.41) is 0. The predicted molar refractivity (Wildman–Crippen MR) is 96.0 cm³/mol. The Kier molecular flexibility index (Phi) is 3.99. The lowest BCUT2D eigenvalue weighted by Gasteiger charge is -2.64. The fourth-order valence-corrected chi connectivity index (χ4v) is 5.04. The average Bonchev–Trinajstić information content (AvgIpc) is 2.99. The van der Waals surface area contributed by atoms with E-state index in [1.807, 2.05) is 30.3 Å². The van der Waals surface area contributed by atoms with Crippen molar-refractivity contribution in [2.24, 2.45) is 17.3 Å². The van der Waals surface area contributed by atoms with Crippen molar-refractivity contribution in [1.29, 1.82) is 0 Å². The second-order valence-corrected chi connectivity index (χ2v) is 8.43. The molecule has 1 saturated heterocycles. The van der Waals surface area contributed by atoms with E-state index >= 15 is 0 Å². The van der Waals surface area contributed by atoms with E-state index < -0.39 is 19.5 Å². The smallest absolute Gasteiger partial charge is 0.405 e. The second kappa shape index (κ2) is 6.22. The molecular formula is C20H27BO4. The van der Waals surface area contributed by atoms with Gasteiger partial charge >= 0.3 is 7.12 Å². The van der Waals surface area contributed by atoms with Crippen molar-refractivity contribution in [2.75, 3.05) is 0 Å². The number of carbonyl (C=O) groups is 1. The lowest BCUT2D eigenvalue weighted by atomic mass is 9.43. The van der Waals surface area contributed by atoms with Crippen LogP contribution >= 0.6 is 0 Å². The van der Waals surface area contributed by atoms with Crippen LogP contribution in [0.5, 0.6) is 0 Å². The van der Waals surface area contributed by atoms with Gasteiger partial charge in [-0.15, -0.1) is 0 Å². The molecule has 4 fully saturated rings. The summed E-state index contributed by atoms with van der Waals surface area (Å²) in [4.78, 5) is 11.5. The Bertz CT molecular complexity index is 669. The summed E-state index contributed by atoms with van der Waals surface area (Å²) in [6, 6.07) is 9.66. The zero-order valence-electron chi connectivity index (χ0n) is 16.2. The third kappa shape index (κ3) is 2.86. The Balaban J connectivity index is 1.42. The van der Waals surface area contributed by atoms with E-state index in [1.165, 1.54) is 6.42 Å². The molecule has 1 aromatic carbocycles. The quantitative estimate of drug-likeness (QED) is 0.586. The molecule has 25 heavy (non-hydrogen) atoms. The van der Waals surface area contributed by atoms with Crippen LogP contribution in [0.25, 0.3) is 0 Å². The molecule has 1 heterocycles. The Hall–Kier alpha value is -1.17. The van der Waals surface area contributed by atoms with Crippen LogP contribution in [0, 0.1) is 17.3 Å². The Morgan fingerprint density at radius 1 is 1.36 bits per heavy atom. The highest BCUT2D eigenvalue weighted by atomic mass is 16.7. The molecule has 2 unspecified atom stereocenters. The van der Waals surface area contributed by atoms with Crippen molar-refractivity contribution in [2.45, 2.75) is 64.3 Å². The molecule has 0 N–H and O–H groups in total. The molecule has 4 nitrogen and oxygen atoms in total. The molecule has 0 amide bonds. The van der Waals surface area contributed by atoms with Crippen LogP contribution < -0.4 is 0 Å². The highest BCUT2D eigenvalue weighted by molar-refractivity contribution is 6.46. The predicted octanol–water partition coefficient (Wildman–Crippen LogP) is 3.50. The van der Waals surface area contributed by atoms with Gasteiger partial charge < -0.3 is 18.8 Å². The normalized spacial score (nSPS) is 38.3. The lowest BCUT2D eigenvalue weighted by molar-refractivity contribution is -0.199. The fraction of sp³-hybridized carbons (Fsp3) is 0.650. The third-order valence-corrected chi connectivity index (χ3v) is 6.74. The third-order valence-electron chi connectivity index (χ3n) is 6.74. The first-order valence-electron chi connectivity index (χ1n) is 9.80. The maximum Gasteiger partial charge on any atom is 0.460 e. The number of aldehydes is 1. The van der Waals surface area contributed by atoms with Crippen LogP contribution in [0.15, 0.2) is 30.3 Å². The van der Waals surface area contributed by atoms with Crippen LogP contribution in [-0.2, 0) is 25.4 Å². The highest BCUT2D eigenvalue weighted by Gasteiger charge is 2.67. The van der Waals surface area contributed by atoms with E-state index in [2.05, 4.69) is 20.8 Å². The molecule has 0 spiro atoms. The molecule has 5 heteroatoms. The first-order valence-corrected chi connectivity index (χ1v) is 9.22. The maximum atomic E-state index is 11.5. The van der Waals surface area contributed by atoms with Crippen LogP contribution in [0.3, 0.4) is 0 Å². The number of ether oxygens (including phenoxy) is 1. The number of carbonyl (C=O) groups excluding carboxylic acids is 1. The van der Waals surface area contributed by atoms with Gasteiger partial charge in [0.15, 0.2) is 0 Å². The van der Waals surface area contributed by atoms with E-state index in [9.17, 15) is 4.79 Å². The maximum absolute atomic E-state index is 11.5. The lowest BCUT2D eigenvalue weighted by Crippen LogP contribution is -2.65. The van der Waals surface area contributed by atoms with Gasteiger partial charge in [0.1, 0.15) is 12.4 Å². The van der Waals surface area contributed by atoms with E-state index in [0.29, 0.717) is 24.7 Å². The Labute approximate surface area is 151 Å². The van der Waals surface area contributed by atoms with Crippen molar-refractivity contribution >= 4 is 13.4 Å². The molecule has 3 saturated carbocycles. The molecule has 4 aliphatic rings. The summed E-state index contributed by atoms with van der Waals surface area (Å²) in [7, 11) is -0.717. The van der Waals surface area contributed by atoms with Crippen LogP contribution in [-0.4, -0.2) is 31.2 Å². The highest BCUT2D eigenvalue weighted by Crippen LogP contribution is 2.65. The average molecular weight is 343 g/mol. The summed E-state index contributed by atoms with van der Waals surface area (Å²) in [6.07, 6.45) is 1.09. The molecule has 2 bridgehead atoms. The van der Waals surface area contributed by atoms with Gasteiger partial charge in [0.05, 0.1) is 18.3 Å². The molecule has 3 aliphatic carbocycles. The van der Waals surface area contributed by atoms with E-state index in [4.69, 9.17) is 15.4 Å². The zero-order valence-corrected chi connectivity index (χ0v) is 15.2. The van der Waals surface area contributed by atoms with Gasteiger partial charge in [0.25, 0.3) is 0 Å². The molecule has 1 aliphatic heterocycles. The molecule has 0 radical (unpaired) electrons. The minimum absolute atomic E-state index is 0.0125. The van der Waals surface area contributed by atoms with Gasteiger partial charge in [-0.2, -0.15) is 0 Å². The largest absolute Gasteiger partial charge is 0.460 e. The summed E-state index contributed by atoms with van der Waals surface area (Å²) >= 11 is 0. The summed E-state index contributed by atoms with van der Waals surface area (Å²) in [5.74, 6) is 1.10. The number of hydrogen-bond donors (Lipinski definition) is 0. The number of hydrogen-bond acceptors (Lipinski definition) is 4. The van der Waals surface area contributed by atoms with Gasteiger partial charge in [-0.05, 0) is 42.6 Å². The van der Waals surface area contributed by atoms with Gasteiger partial charge in [0.2, 0.25) is 0 Å². The molecule has 134 valence electrons. The van der Waals surface area contributed by atoms with Gasteiger partial charge in [-0.3, -0.25) is 0 Å². The second-order valence-electron chi connectivity index (χ2n) is 8.43. The van der Waals surface area contributed by atoms with Crippen molar-refractivity contribution < 1.29 is 20.2 Å². The molecule has 1 aromatic rings. The van der Waals surface area contributed by atoms with Crippen LogP contribution in [0.4, 0.5) is 0 Å².